The Balaban J connectivity index is 2.01. The Morgan fingerprint density at radius 3 is 2.78 bits per heavy atom. The molecule has 1 amide bonds. The molecule has 1 heterocycles. The van der Waals surface area contributed by atoms with E-state index in [4.69, 9.17) is 4.74 Å². The third-order valence-electron chi connectivity index (χ3n) is 3.11. The maximum Gasteiger partial charge on any atom is 0.246 e. The number of hydrogen-bond donors (Lipinski definition) is 0. The number of benzene rings is 1. The van der Waals surface area contributed by atoms with E-state index in [9.17, 15) is 4.79 Å². The van der Waals surface area contributed by atoms with Crippen LogP contribution in [-0.2, 0) is 9.53 Å². The number of carbonyl (C=O) groups is 1. The van der Waals surface area contributed by atoms with Gasteiger partial charge in [0.15, 0.2) is 0 Å². The summed E-state index contributed by atoms with van der Waals surface area (Å²) in [5.74, 6) is 0.0569. The molecule has 0 saturated carbocycles. The summed E-state index contributed by atoms with van der Waals surface area (Å²) in [6, 6.07) is 10.00. The number of nitrogens with zero attached hydrogens (tertiary/aromatic N) is 1. The van der Waals surface area contributed by atoms with Crippen LogP contribution in [0.5, 0.6) is 0 Å². The largest absolute Gasteiger partial charge is 0.375 e. The zero-order valence-electron chi connectivity index (χ0n) is 10.9. The normalized spacial score (nSPS) is 24.4. The number of rotatable bonds is 2. The van der Waals surface area contributed by atoms with Crippen LogP contribution in [0.2, 0.25) is 0 Å². The lowest BCUT2D eigenvalue weighted by atomic mass is 10.2. The fourth-order valence-electron chi connectivity index (χ4n) is 2.04. The van der Waals surface area contributed by atoms with Crippen molar-refractivity contribution < 1.29 is 9.53 Å². The van der Waals surface area contributed by atoms with E-state index in [0.29, 0.717) is 13.2 Å². The number of carbonyl (C=O) groups excluding carboxylic acids is 1. The van der Waals surface area contributed by atoms with E-state index in [1.807, 2.05) is 55.2 Å². The van der Waals surface area contributed by atoms with Gasteiger partial charge in [0.05, 0.1) is 18.8 Å². The second-order valence-electron chi connectivity index (χ2n) is 4.73. The molecule has 2 atom stereocenters. The summed E-state index contributed by atoms with van der Waals surface area (Å²) in [4.78, 5) is 14.0. The van der Waals surface area contributed by atoms with E-state index in [0.717, 1.165) is 5.56 Å². The quantitative estimate of drug-likeness (QED) is 0.748. The molecule has 18 heavy (non-hydrogen) atoms. The summed E-state index contributed by atoms with van der Waals surface area (Å²) in [5, 5.41) is 0. The van der Waals surface area contributed by atoms with Gasteiger partial charge >= 0.3 is 0 Å². The second-order valence-corrected chi connectivity index (χ2v) is 4.73. The number of hydrogen-bond acceptors (Lipinski definition) is 2. The molecule has 0 N–H and O–H groups in total. The fourth-order valence-corrected chi connectivity index (χ4v) is 2.04. The van der Waals surface area contributed by atoms with Crippen molar-refractivity contribution in [1.82, 2.24) is 4.90 Å². The minimum atomic E-state index is 0.0569. The SMILES string of the molecule is C[C@@H]1CN(C(=O)/C=C\c2ccccc2)[C@@H](C)CO1. The lowest BCUT2D eigenvalue weighted by Gasteiger charge is -2.36. The first-order chi connectivity index (χ1) is 8.66. The van der Waals surface area contributed by atoms with Crippen molar-refractivity contribution in [2.24, 2.45) is 0 Å². The van der Waals surface area contributed by atoms with Crippen molar-refractivity contribution in [2.45, 2.75) is 26.0 Å². The first-order valence-corrected chi connectivity index (χ1v) is 6.32. The summed E-state index contributed by atoms with van der Waals surface area (Å²) in [5.41, 5.74) is 1.04. The maximum absolute atomic E-state index is 12.1. The second kappa shape index (κ2) is 5.83. The van der Waals surface area contributed by atoms with Gasteiger partial charge in [-0.2, -0.15) is 0 Å². The first-order valence-electron chi connectivity index (χ1n) is 6.32. The Morgan fingerprint density at radius 1 is 1.33 bits per heavy atom. The van der Waals surface area contributed by atoms with E-state index in [1.54, 1.807) is 6.08 Å². The monoisotopic (exact) mass is 245 g/mol. The maximum atomic E-state index is 12.1. The highest BCUT2D eigenvalue weighted by atomic mass is 16.5. The summed E-state index contributed by atoms with van der Waals surface area (Å²) in [7, 11) is 0. The van der Waals surface area contributed by atoms with Gasteiger partial charge in [-0.15, -0.1) is 0 Å². The van der Waals surface area contributed by atoms with Crippen LogP contribution in [-0.4, -0.2) is 36.1 Å². The zero-order chi connectivity index (χ0) is 13.0. The molecule has 0 aromatic heterocycles. The van der Waals surface area contributed by atoms with Gasteiger partial charge in [0.1, 0.15) is 0 Å². The third-order valence-corrected chi connectivity index (χ3v) is 3.11. The summed E-state index contributed by atoms with van der Waals surface area (Å²) < 4.78 is 5.52. The van der Waals surface area contributed by atoms with Crippen LogP contribution in [0.25, 0.3) is 6.08 Å². The summed E-state index contributed by atoms with van der Waals surface area (Å²) in [6.45, 7) is 5.29. The highest BCUT2D eigenvalue weighted by Crippen LogP contribution is 2.12. The number of ether oxygens (including phenoxy) is 1. The molecule has 1 aliphatic rings. The van der Waals surface area contributed by atoms with Gasteiger partial charge in [-0.3, -0.25) is 4.79 Å². The molecular weight excluding hydrogens is 226 g/mol. The van der Waals surface area contributed by atoms with E-state index in [2.05, 4.69) is 0 Å². The van der Waals surface area contributed by atoms with Gasteiger partial charge < -0.3 is 9.64 Å². The minimum Gasteiger partial charge on any atom is -0.375 e. The van der Waals surface area contributed by atoms with Gasteiger partial charge in [0, 0.05) is 12.6 Å². The van der Waals surface area contributed by atoms with Crippen LogP contribution in [0, 0.1) is 0 Å². The van der Waals surface area contributed by atoms with Crippen molar-refractivity contribution in [3.05, 3.63) is 42.0 Å². The summed E-state index contributed by atoms with van der Waals surface area (Å²) in [6.07, 6.45) is 3.62. The number of morpholine rings is 1. The third kappa shape index (κ3) is 3.20. The minimum absolute atomic E-state index is 0.0569. The fraction of sp³-hybridized carbons (Fsp3) is 0.400. The van der Waals surface area contributed by atoms with Gasteiger partial charge in [0.25, 0.3) is 0 Å². The van der Waals surface area contributed by atoms with Gasteiger partial charge in [0.2, 0.25) is 5.91 Å². The highest BCUT2D eigenvalue weighted by Gasteiger charge is 2.25. The molecule has 1 aromatic rings. The molecule has 1 saturated heterocycles. The zero-order valence-corrected chi connectivity index (χ0v) is 10.9. The molecule has 0 unspecified atom stereocenters. The van der Waals surface area contributed by atoms with Crippen molar-refractivity contribution in [3.8, 4) is 0 Å². The van der Waals surface area contributed by atoms with Crippen molar-refractivity contribution in [3.63, 3.8) is 0 Å². The Labute approximate surface area is 108 Å². The highest BCUT2D eigenvalue weighted by molar-refractivity contribution is 5.92. The smallest absolute Gasteiger partial charge is 0.246 e. The molecular formula is C15H19NO2. The van der Waals surface area contributed by atoms with E-state index >= 15 is 0 Å². The summed E-state index contributed by atoms with van der Waals surface area (Å²) >= 11 is 0. The molecule has 0 radical (unpaired) electrons. The van der Waals surface area contributed by atoms with Crippen LogP contribution >= 0.6 is 0 Å². The molecule has 3 nitrogen and oxygen atoms in total. The molecule has 3 heteroatoms. The molecule has 1 aliphatic heterocycles. The van der Waals surface area contributed by atoms with Crippen molar-refractivity contribution in [2.75, 3.05) is 13.2 Å². The topological polar surface area (TPSA) is 29.5 Å². The molecule has 1 aromatic carbocycles. The molecule has 2 rings (SSSR count). The predicted octanol–water partition coefficient (Wildman–Crippen LogP) is 2.34. The molecule has 0 spiro atoms. The van der Waals surface area contributed by atoms with Crippen LogP contribution in [0.4, 0.5) is 0 Å². The Kier molecular flexibility index (Phi) is 4.15. The van der Waals surface area contributed by atoms with Gasteiger partial charge in [-0.25, -0.2) is 0 Å². The van der Waals surface area contributed by atoms with Crippen LogP contribution in [0.1, 0.15) is 19.4 Å². The predicted molar refractivity (Wildman–Crippen MR) is 72.1 cm³/mol. The van der Waals surface area contributed by atoms with Crippen molar-refractivity contribution in [1.29, 1.82) is 0 Å². The Hall–Kier alpha value is -1.61. The van der Waals surface area contributed by atoms with E-state index in [1.165, 1.54) is 0 Å². The lowest BCUT2D eigenvalue weighted by Crippen LogP contribution is -2.49. The molecule has 0 bridgehead atoms. The van der Waals surface area contributed by atoms with Gasteiger partial charge in [-0.1, -0.05) is 30.3 Å². The van der Waals surface area contributed by atoms with Crippen molar-refractivity contribution >= 4 is 12.0 Å². The average Bonchev–Trinajstić information content (AvgIpc) is 2.40. The van der Waals surface area contributed by atoms with E-state index in [-0.39, 0.29) is 18.1 Å². The standard InChI is InChI=1S/C15H19NO2/c1-12-11-18-13(2)10-16(12)15(17)9-8-14-6-4-3-5-7-14/h3-9,12-13H,10-11H2,1-2H3/b9-8-/t12-,13+/m0/s1. The Bertz CT molecular complexity index is 427. The molecule has 1 fully saturated rings. The van der Waals surface area contributed by atoms with Crippen LogP contribution < -0.4 is 0 Å². The lowest BCUT2D eigenvalue weighted by molar-refractivity contribution is -0.137. The Morgan fingerprint density at radius 2 is 2.06 bits per heavy atom. The van der Waals surface area contributed by atoms with E-state index < -0.39 is 0 Å². The average molecular weight is 245 g/mol. The van der Waals surface area contributed by atoms with Crippen LogP contribution in [0.15, 0.2) is 36.4 Å². The molecule has 96 valence electrons. The van der Waals surface area contributed by atoms with Gasteiger partial charge in [-0.05, 0) is 25.5 Å². The van der Waals surface area contributed by atoms with Crippen LogP contribution in [0.3, 0.4) is 0 Å². The first kappa shape index (κ1) is 12.8. The molecule has 0 aliphatic carbocycles. The number of amides is 1.